The summed E-state index contributed by atoms with van der Waals surface area (Å²) in [5.74, 6) is 0.449. The molecule has 0 N–H and O–H groups in total. The number of tetrazole rings is 1. The molecule has 0 atom stereocenters. The van der Waals surface area contributed by atoms with Gasteiger partial charge in [-0.2, -0.15) is 9.36 Å². The van der Waals surface area contributed by atoms with E-state index < -0.39 is 0 Å². The SMILES string of the molecule is CSC(=NCCc1ccccc1F)SCc1c(C)cccc1-n1nnn(C)c1=O. The molecule has 0 unspecified atom stereocenters. The summed E-state index contributed by atoms with van der Waals surface area (Å²) in [6, 6.07) is 12.6. The van der Waals surface area contributed by atoms with E-state index in [0.29, 0.717) is 24.3 Å². The van der Waals surface area contributed by atoms with Crippen molar-refractivity contribution in [1.82, 2.24) is 19.8 Å². The third kappa shape index (κ3) is 5.16. The van der Waals surface area contributed by atoms with Gasteiger partial charge < -0.3 is 0 Å². The van der Waals surface area contributed by atoms with E-state index >= 15 is 0 Å². The van der Waals surface area contributed by atoms with Gasteiger partial charge in [0.25, 0.3) is 0 Å². The number of aryl methyl sites for hydroxylation is 2. The minimum Gasteiger partial charge on any atom is -0.271 e. The van der Waals surface area contributed by atoms with Crippen LogP contribution in [0.5, 0.6) is 0 Å². The number of aromatic nitrogens is 4. The molecule has 0 amide bonds. The Morgan fingerprint density at radius 3 is 2.66 bits per heavy atom. The lowest BCUT2D eigenvalue weighted by Gasteiger charge is -2.11. The minimum atomic E-state index is -0.287. The van der Waals surface area contributed by atoms with Gasteiger partial charge in [-0.15, -0.1) is 11.8 Å². The molecule has 1 heterocycles. The van der Waals surface area contributed by atoms with Crippen molar-refractivity contribution in [2.75, 3.05) is 12.8 Å². The predicted molar refractivity (Wildman–Crippen MR) is 119 cm³/mol. The molecule has 0 aliphatic heterocycles. The monoisotopic (exact) mass is 431 g/mol. The Labute approximate surface area is 177 Å². The molecule has 3 rings (SSSR count). The Hall–Kier alpha value is -2.39. The molecule has 0 saturated heterocycles. The van der Waals surface area contributed by atoms with Gasteiger partial charge in [0, 0.05) is 19.3 Å². The molecule has 0 saturated carbocycles. The largest absolute Gasteiger partial charge is 0.368 e. The van der Waals surface area contributed by atoms with Gasteiger partial charge in [-0.25, -0.2) is 9.18 Å². The van der Waals surface area contributed by atoms with Gasteiger partial charge in [0.1, 0.15) is 10.2 Å². The molecule has 29 heavy (non-hydrogen) atoms. The molecule has 0 aliphatic carbocycles. The number of hydrogen-bond donors (Lipinski definition) is 0. The van der Waals surface area contributed by atoms with Gasteiger partial charge in [0.05, 0.1) is 5.69 Å². The Morgan fingerprint density at radius 2 is 1.97 bits per heavy atom. The van der Waals surface area contributed by atoms with Crippen LogP contribution in [-0.2, 0) is 19.2 Å². The van der Waals surface area contributed by atoms with Crippen LogP contribution in [0.25, 0.3) is 5.69 Å². The Bertz CT molecular complexity index is 1080. The lowest BCUT2D eigenvalue weighted by molar-refractivity contribution is 0.610. The highest BCUT2D eigenvalue weighted by molar-refractivity contribution is 8.38. The first kappa shape index (κ1) is 21.3. The van der Waals surface area contributed by atoms with Crippen molar-refractivity contribution in [1.29, 1.82) is 0 Å². The van der Waals surface area contributed by atoms with Crippen LogP contribution in [0.3, 0.4) is 0 Å². The van der Waals surface area contributed by atoms with Crippen molar-refractivity contribution in [2.24, 2.45) is 12.0 Å². The zero-order valence-corrected chi connectivity index (χ0v) is 18.1. The standard InChI is InChI=1S/C20H22FN5OS2/c1-14-7-6-10-18(26-20(27)25(2)23-24-26)16(14)13-29-19(28-3)22-12-11-15-8-4-5-9-17(15)21/h4-10H,11-13H2,1-3H3. The molecule has 6 nitrogen and oxygen atoms in total. The van der Waals surface area contributed by atoms with Crippen LogP contribution in [-0.4, -0.2) is 37.0 Å². The van der Waals surface area contributed by atoms with Crippen molar-refractivity contribution in [3.05, 3.63) is 75.5 Å². The second-order valence-corrected chi connectivity index (χ2v) is 8.37. The third-order valence-electron chi connectivity index (χ3n) is 4.43. The molecule has 152 valence electrons. The van der Waals surface area contributed by atoms with Crippen LogP contribution in [0.15, 0.2) is 52.3 Å². The van der Waals surface area contributed by atoms with Gasteiger partial charge >= 0.3 is 5.69 Å². The number of thioether (sulfide) groups is 2. The maximum absolute atomic E-state index is 13.8. The first-order valence-electron chi connectivity index (χ1n) is 9.03. The van der Waals surface area contributed by atoms with Gasteiger partial charge in [-0.1, -0.05) is 42.1 Å². The molecular formula is C20H22FN5OS2. The maximum Gasteiger partial charge on any atom is 0.368 e. The number of hydrogen-bond acceptors (Lipinski definition) is 6. The topological polar surface area (TPSA) is 65.1 Å². The number of aliphatic imine (C=N–C) groups is 1. The zero-order valence-electron chi connectivity index (χ0n) is 16.5. The molecule has 9 heteroatoms. The van der Waals surface area contributed by atoms with Crippen LogP contribution in [0, 0.1) is 12.7 Å². The molecule has 0 fully saturated rings. The summed E-state index contributed by atoms with van der Waals surface area (Å²) >= 11 is 3.16. The lowest BCUT2D eigenvalue weighted by Crippen LogP contribution is -2.23. The highest BCUT2D eigenvalue weighted by Crippen LogP contribution is 2.26. The van der Waals surface area contributed by atoms with E-state index in [4.69, 9.17) is 0 Å². The summed E-state index contributed by atoms with van der Waals surface area (Å²) in [6.45, 7) is 2.53. The van der Waals surface area contributed by atoms with Gasteiger partial charge in [-0.3, -0.25) is 4.99 Å². The van der Waals surface area contributed by atoms with Gasteiger partial charge in [0.2, 0.25) is 0 Å². The first-order chi connectivity index (χ1) is 14.0. The van der Waals surface area contributed by atoms with E-state index in [1.807, 2.05) is 37.4 Å². The smallest absolute Gasteiger partial charge is 0.271 e. The van der Waals surface area contributed by atoms with E-state index in [9.17, 15) is 9.18 Å². The highest BCUT2D eigenvalue weighted by atomic mass is 32.2. The number of nitrogens with zero attached hydrogens (tertiary/aromatic N) is 5. The van der Waals surface area contributed by atoms with E-state index in [-0.39, 0.29) is 11.5 Å². The fourth-order valence-corrected chi connectivity index (χ4v) is 4.50. The normalized spacial score (nSPS) is 11.8. The molecule has 0 radical (unpaired) electrons. The lowest BCUT2D eigenvalue weighted by atomic mass is 10.1. The molecule has 2 aromatic carbocycles. The molecule has 3 aromatic rings. The van der Waals surface area contributed by atoms with E-state index in [0.717, 1.165) is 21.2 Å². The van der Waals surface area contributed by atoms with Crippen molar-refractivity contribution in [2.45, 2.75) is 19.1 Å². The molecule has 0 aliphatic rings. The van der Waals surface area contributed by atoms with Crippen LogP contribution in [0.2, 0.25) is 0 Å². The number of halogens is 1. The Balaban J connectivity index is 1.73. The first-order valence-corrected chi connectivity index (χ1v) is 11.2. The van der Waals surface area contributed by atoms with Crippen LogP contribution in [0.1, 0.15) is 16.7 Å². The van der Waals surface area contributed by atoms with Crippen molar-refractivity contribution < 1.29 is 4.39 Å². The maximum atomic E-state index is 13.8. The molecular weight excluding hydrogens is 409 g/mol. The summed E-state index contributed by atoms with van der Waals surface area (Å²) in [5.41, 5.74) is 3.19. The fraction of sp³-hybridized carbons (Fsp3) is 0.300. The third-order valence-corrected chi connectivity index (χ3v) is 6.57. The average molecular weight is 432 g/mol. The molecule has 0 bridgehead atoms. The van der Waals surface area contributed by atoms with Crippen LogP contribution >= 0.6 is 23.5 Å². The summed E-state index contributed by atoms with van der Waals surface area (Å²) in [5, 5.41) is 7.77. The van der Waals surface area contributed by atoms with E-state index in [2.05, 4.69) is 15.4 Å². The average Bonchev–Trinajstić information content (AvgIpc) is 3.05. The van der Waals surface area contributed by atoms with E-state index in [1.54, 1.807) is 42.7 Å². The Morgan fingerprint density at radius 1 is 1.17 bits per heavy atom. The summed E-state index contributed by atoms with van der Waals surface area (Å²) in [6.07, 6.45) is 2.53. The van der Waals surface area contributed by atoms with Crippen molar-refractivity contribution in [3.8, 4) is 5.69 Å². The van der Waals surface area contributed by atoms with Crippen molar-refractivity contribution in [3.63, 3.8) is 0 Å². The van der Waals surface area contributed by atoms with Crippen LogP contribution < -0.4 is 5.69 Å². The second kappa shape index (κ2) is 9.89. The van der Waals surface area contributed by atoms with Crippen molar-refractivity contribution >= 4 is 27.9 Å². The predicted octanol–water partition coefficient (Wildman–Crippen LogP) is 3.61. The molecule has 0 spiro atoms. The Kier molecular flexibility index (Phi) is 7.27. The van der Waals surface area contributed by atoms with E-state index in [1.165, 1.54) is 15.4 Å². The van der Waals surface area contributed by atoms with Crippen LogP contribution in [0.4, 0.5) is 4.39 Å². The quantitative estimate of drug-likeness (QED) is 0.441. The summed E-state index contributed by atoms with van der Waals surface area (Å²) in [7, 11) is 1.57. The second-order valence-electron chi connectivity index (χ2n) is 6.35. The van der Waals surface area contributed by atoms with Gasteiger partial charge in [0.15, 0.2) is 0 Å². The highest BCUT2D eigenvalue weighted by Gasteiger charge is 2.14. The fourth-order valence-electron chi connectivity index (χ4n) is 2.81. The minimum absolute atomic E-state index is 0.194. The molecule has 1 aromatic heterocycles. The summed E-state index contributed by atoms with van der Waals surface area (Å²) in [4.78, 5) is 16.9. The number of rotatable bonds is 6. The zero-order chi connectivity index (χ0) is 20.8. The summed E-state index contributed by atoms with van der Waals surface area (Å²) < 4.78 is 17.2. The number of benzene rings is 2. The van der Waals surface area contributed by atoms with Gasteiger partial charge in [-0.05, 0) is 58.9 Å².